The van der Waals surface area contributed by atoms with Crippen molar-refractivity contribution in [2.24, 2.45) is 0 Å². The van der Waals surface area contributed by atoms with Crippen LogP contribution in [0.2, 0.25) is 0 Å². The summed E-state index contributed by atoms with van der Waals surface area (Å²) in [5, 5.41) is 13.7. The second-order valence-corrected chi connectivity index (χ2v) is 4.63. The zero-order valence-electron chi connectivity index (χ0n) is 12.6. The van der Waals surface area contributed by atoms with Crippen LogP contribution in [-0.4, -0.2) is 30.7 Å². The van der Waals surface area contributed by atoms with E-state index in [0.717, 1.165) is 13.5 Å². The van der Waals surface area contributed by atoms with Gasteiger partial charge in [-0.2, -0.15) is 13.2 Å². The molecule has 0 aliphatic rings. The molecule has 0 aromatic heterocycles. The molecule has 1 aromatic carbocycles. The number of carbonyl (C=O) groups excluding carboxylic acids is 2. The van der Waals surface area contributed by atoms with Crippen molar-refractivity contribution in [3.8, 4) is 11.5 Å². The molecule has 3 amide bonds. The van der Waals surface area contributed by atoms with E-state index in [2.05, 4.69) is 10.1 Å². The number of hydrogen-bond acceptors (Lipinski definition) is 4. The van der Waals surface area contributed by atoms with E-state index in [1.807, 2.05) is 6.92 Å². The quantitative estimate of drug-likeness (QED) is 0.723. The number of phenols is 1. The van der Waals surface area contributed by atoms with Gasteiger partial charge in [-0.05, 0) is 18.6 Å². The van der Waals surface area contributed by atoms with Gasteiger partial charge in [0.1, 0.15) is 0 Å². The Balaban J connectivity index is 3.03. The lowest BCUT2D eigenvalue weighted by molar-refractivity contribution is -0.138. The van der Waals surface area contributed by atoms with E-state index < -0.39 is 40.7 Å². The van der Waals surface area contributed by atoms with Crippen molar-refractivity contribution in [1.82, 2.24) is 10.6 Å². The average molecular weight is 334 g/mol. The van der Waals surface area contributed by atoms with Crippen LogP contribution in [0.25, 0.3) is 0 Å². The number of alkyl halides is 3. The lowest BCUT2D eigenvalue weighted by Crippen LogP contribution is -2.40. The largest absolute Gasteiger partial charge is 0.504 e. The first-order valence-corrected chi connectivity index (χ1v) is 6.78. The minimum atomic E-state index is -4.85. The van der Waals surface area contributed by atoms with Crippen LogP contribution in [0.3, 0.4) is 0 Å². The highest BCUT2D eigenvalue weighted by molar-refractivity contribution is 6.05. The van der Waals surface area contributed by atoms with E-state index >= 15 is 0 Å². The van der Waals surface area contributed by atoms with E-state index in [9.17, 15) is 27.9 Å². The van der Waals surface area contributed by atoms with Gasteiger partial charge in [0.05, 0.1) is 18.2 Å². The van der Waals surface area contributed by atoms with Crippen molar-refractivity contribution < 1.29 is 32.6 Å². The lowest BCUT2D eigenvalue weighted by atomic mass is 10.0. The summed E-state index contributed by atoms with van der Waals surface area (Å²) >= 11 is 0. The first kappa shape index (κ1) is 18.6. The van der Waals surface area contributed by atoms with Gasteiger partial charge in [-0.3, -0.25) is 10.1 Å². The molecule has 0 fully saturated rings. The Bertz CT molecular complexity index is 588. The van der Waals surface area contributed by atoms with E-state index in [4.69, 9.17) is 0 Å². The van der Waals surface area contributed by atoms with E-state index in [1.165, 1.54) is 0 Å². The molecule has 9 heteroatoms. The summed E-state index contributed by atoms with van der Waals surface area (Å²) in [6.07, 6.45) is -3.39. The number of hydrogen-bond donors (Lipinski definition) is 3. The van der Waals surface area contributed by atoms with Gasteiger partial charge >= 0.3 is 12.2 Å². The maximum Gasteiger partial charge on any atom is 0.417 e. The highest BCUT2D eigenvalue weighted by Crippen LogP contribution is 2.38. The predicted molar refractivity (Wildman–Crippen MR) is 75.4 cm³/mol. The molecule has 23 heavy (non-hydrogen) atoms. The number of rotatable bonds is 5. The third-order valence-electron chi connectivity index (χ3n) is 2.91. The molecule has 0 unspecified atom stereocenters. The van der Waals surface area contributed by atoms with Crippen molar-refractivity contribution in [2.45, 2.75) is 25.9 Å². The number of nitrogens with one attached hydrogen (secondary N) is 2. The molecule has 0 aliphatic carbocycles. The number of benzene rings is 1. The van der Waals surface area contributed by atoms with Gasteiger partial charge in [0.25, 0.3) is 5.91 Å². The van der Waals surface area contributed by atoms with Crippen LogP contribution < -0.4 is 15.4 Å². The standard InChI is InChI=1S/C14H17F3N2O4/c1-3-4-5-18-13(22)19-12(21)8-6-10(20)11(23-2)7-9(8)14(15,16)17/h6-7,20H,3-5H2,1-2H3,(H2,18,19,21,22). The molecule has 128 valence electrons. The number of urea groups is 1. The molecule has 6 nitrogen and oxygen atoms in total. The first-order chi connectivity index (χ1) is 10.7. The number of amides is 3. The Morgan fingerprint density at radius 3 is 2.48 bits per heavy atom. The second-order valence-electron chi connectivity index (χ2n) is 4.63. The number of unbranched alkanes of at least 4 members (excludes halogenated alkanes) is 1. The Morgan fingerprint density at radius 1 is 1.30 bits per heavy atom. The van der Waals surface area contributed by atoms with Gasteiger partial charge in [0, 0.05) is 6.54 Å². The third-order valence-corrected chi connectivity index (χ3v) is 2.91. The minimum absolute atomic E-state index is 0.287. The summed E-state index contributed by atoms with van der Waals surface area (Å²) in [4.78, 5) is 23.3. The molecule has 0 atom stereocenters. The molecule has 0 saturated heterocycles. The molecule has 0 saturated carbocycles. The molecule has 0 radical (unpaired) electrons. The van der Waals surface area contributed by atoms with Crippen molar-refractivity contribution in [1.29, 1.82) is 0 Å². The first-order valence-electron chi connectivity index (χ1n) is 6.78. The van der Waals surface area contributed by atoms with Crippen molar-refractivity contribution in [2.75, 3.05) is 13.7 Å². The van der Waals surface area contributed by atoms with Crippen LogP contribution in [-0.2, 0) is 6.18 Å². The number of halogens is 3. The molecule has 0 bridgehead atoms. The summed E-state index contributed by atoms with van der Waals surface area (Å²) < 4.78 is 43.7. The van der Waals surface area contributed by atoms with Crippen molar-refractivity contribution in [3.63, 3.8) is 0 Å². The maximum atomic E-state index is 13.0. The second kappa shape index (κ2) is 7.70. The van der Waals surface area contributed by atoms with Gasteiger partial charge in [0.15, 0.2) is 11.5 Å². The summed E-state index contributed by atoms with van der Waals surface area (Å²) in [5.74, 6) is -2.34. The minimum Gasteiger partial charge on any atom is -0.504 e. The fourth-order valence-corrected chi connectivity index (χ4v) is 1.75. The van der Waals surface area contributed by atoms with Crippen LogP contribution >= 0.6 is 0 Å². The molecule has 3 N–H and O–H groups in total. The monoisotopic (exact) mass is 334 g/mol. The van der Waals surface area contributed by atoms with Crippen molar-refractivity contribution >= 4 is 11.9 Å². The molecule has 0 heterocycles. The van der Waals surface area contributed by atoms with Gasteiger partial charge in [0.2, 0.25) is 0 Å². The fraction of sp³-hybridized carbons (Fsp3) is 0.429. The maximum absolute atomic E-state index is 13.0. The summed E-state index contributed by atoms with van der Waals surface area (Å²) in [6.45, 7) is 2.18. The van der Waals surface area contributed by atoms with Gasteiger partial charge in [-0.15, -0.1) is 0 Å². The SMILES string of the molecule is CCCCNC(=O)NC(=O)c1cc(O)c(OC)cc1C(F)(F)F. The van der Waals surface area contributed by atoms with E-state index in [0.29, 0.717) is 18.6 Å². The number of carbonyl (C=O) groups is 2. The zero-order chi connectivity index (χ0) is 17.6. The van der Waals surface area contributed by atoms with Crippen LogP contribution in [0.1, 0.15) is 35.7 Å². The Hall–Kier alpha value is -2.45. The predicted octanol–water partition coefficient (Wildman–Crippen LogP) is 2.66. The average Bonchev–Trinajstić information content (AvgIpc) is 2.45. The van der Waals surface area contributed by atoms with Gasteiger partial charge < -0.3 is 15.2 Å². The van der Waals surface area contributed by atoms with Crippen LogP contribution in [0.15, 0.2) is 12.1 Å². The molecular formula is C14H17F3N2O4. The van der Waals surface area contributed by atoms with Gasteiger partial charge in [-0.1, -0.05) is 13.3 Å². The topological polar surface area (TPSA) is 87.7 Å². The van der Waals surface area contributed by atoms with Crippen LogP contribution in [0.4, 0.5) is 18.0 Å². The molecule has 1 aromatic rings. The summed E-state index contributed by atoms with van der Waals surface area (Å²) in [7, 11) is 1.08. The third kappa shape index (κ3) is 5.04. The van der Waals surface area contributed by atoms with Crippen molar-refractivity contribution in [3.05, 3.63) is 23.3 Å². The highest BCUT2D eigenvalue weighted by atomic mass is 19.4. The number of phenolic OH excluding ortho intramolecular Hbond substituents is 1. The van der Waals surface area contributed by atoms with Crippen LogP contribution in [0, 0.1) is 0 Å². The molecular weight excluding hydrogens is 317 g/mol. The smallest absolute Gasteiger partial charge is 0.417 e. The zero-order valence-corrected chi connectivity index (χ0v) is 12.6. The highest BCUT2D eigenvalue weighted by Gasteiger charge is 2.37. The molecule has 0 spiro atoms. The van der Waals surface area contributed by atoms with E-state index in [1.54, 1.807) is 5.32 Å². The normalized spacial score (nSPS) is 11.0. The Labute approximate surface area is 130 Å². The summed E-state index contributed by atoms with van der Waals surface area (Å²) in [6, 6.07) is 0.196. The number of imide groups is 1. The number of methoxy groups -OCH3 is 1. The van der Waals surface area contributed by atoms with Gasteiger partial charge in [-0.25, -0.2) is 4.79 Å². The number of aromatic hydroxyl groups is 1. The summed E-state index contributed by atoms with van der Waals surface area (Å²) in [5.41, 5.74) is -2.19. The Kier molecular flexibility index (Phi) is 6.23. The lowest BCUT2D eigenvalue weighted by Gasteiger charge is -2.15. The Morgan fingerprint density at radius 2 is 1.96 bits per heavy atom. The molecule has 1 rings (SSSR count). The van der Waals surface area contributed by atoms with E-state index in [-0.39, 0.29) is 6.54 Å². The number of ether oxygens (including phenoxy) is 1. The fourth-order valence-electron chi connectivity index (χ4n) is 1.75. The van der Waals surface area contributed by atoms with Crippen LogP contribution in [0.5, 0.6) is 11.5 Å². The molecule has 0 aliphatic heterocycles.